The fourth-order valence-corrected chi connectivity index (χ4v) is 2.18. The maximum Gasteiger partial charge on any atom is 0.141 e. The van der Waals surface area contributed by atoms with Crippen molar-refractivity contribution in [2.24, 2.45) is 0 Å². The van der Waals surface area contributed by atoms with Gasteiger partial charge in [0.2, 0.25) is 0 Å². The summed E-state index contributed by atoms with van der Waals surface area (Å²) in [6.07, 6.45) is 6.46. The molecular formula is C14H17NO. The maximum atomic E-state index is 5.53. The van der Waals surface area contributed by atoms with Crippen LogP contribution >= 0.6 is 0 Å². The Morgan fingerprint density at radius 1 is 1.44 bits per heavy atom. The molecular weight excluding hydrogens is 198 g/mol. The monoisotopic (exact) mass is 215 g/mol. The molecule has 0 spiro atoms. The number of likely N-dealkylation sites (tertiary alicyclic amines) is 1. The van der Waals surface area contributed by atoms with E-state index in [-0.39, 0.29) is 5.60 Å². The third-order valence-corrected chi connectivity index (χ3v) is 3.21. The first kappa shape index (κ1) is 11.2. The van der Waals surface area contributed by atoms with E-state index >= 15 is 0 Å². The summed E-state index contributed by atoms with van der Waals surface area (Å²) in [5, 5.41) is 0. The van der Waals surface area contributed by atoms with E-state index in [0.717, 1.165) is 26.1 Å². The molecule has 1 aromatic carbocycles. The molecule has 1 aliphatic rings. The molecule has 0 N–H and O–H groups in total. The highest BCUT2D eigenvalue weighted by atomic mass is 16.5. The van der Waals surface area contributed by atoms with Crippen LogP contribution in [-0.4, -0.2) is 30.7 Å². The third-order valence-electron chi connectivity index (χ3n) is 3.21. The van der Waals surface area contributed by atoms with E-state index in [4.69, 9.17) is 11.2 Å². The number of rotatable bonds is 3. The highest BCUT2D eigenvalue weighted by Gasteiger charge is 2.36. The number of terminal acetylenes is 1. The smallest absolute Gasteiger partial charge is 0.141 e. The van der Waals surface area contributed by atoms with Crippen LogP contribution in [0.15, 0.2) is 30.3 Å². The fraction of sp³-hybridized carbons (Fsp3) is 0.429. The van der Waals surface area contributed by atoms with Crippen molar-refractivity contribution < 1.29 is 4.74 Å². The minimum absolute atomic E-state index is 0.366. The second-order valence-electron chi connectivity index (χ2n) is 4.29. The Kier molecular flexibility index (Phi) is 3.28. The van der Waals surface area contributed by atoms with Gasteiger partial charge in [-0.05, 0) is 5.56 Å². The van der Waals surface area contributed by atoms with Crippen molar-refractivity contribution in [1.82, 2.24) is 4.90 Å². The minimum atomic E-state index is -0.366. The largest absolute Gasteiger partial charge is 0.364 e. The molecule has 1 aromatic rings. The van der Waals surface area contributed by atoms with Crippen molar-refractivity contribution in [3.63, 3.8) is 0 Å². The number of nitrogens with zero attached hydrogens (tertiary/aromatic N) is 1. The number of hydrogen-bond acceptors (Lipinski definition) is 2. The van der Waals surface area contributed by atoms with E-state index in [1.807, 2.05) is 6.07 Å². The summed E-state index contributed by atoms with van der Waals surface area (Å²) in [5.74, 6) is 2.78. The molecule has 0 aromatic heterocycles. The number of hydrogen-bond donors (Lipinski definition) is 0. The molecule has 0 saturated carbocycles. The van der Waals surface area contributed by atoms with Crippen LogP contribution in [0.3, 0.4) is 0 Å². The lowest BCUT2D eigenvalue weighted by molar-refractivity contribution is 0.0481. The zero-order valence-electron chi connectivity index (χ0n) is 9.65. The van der Waals surface area contributed by atoms with Crippen LogP contribution in [0.25, 0.3) is 0 Å². The molecule has 0 radical (unpaired) electrons. The van der Waals surface area contributed by atoms with E-state index in [2.05, 4.69) is 35.1 Å². The summed E-state index contributed by atoms with van der Waals surface area (Å²) < 4.78 is 5.44. The standard InChI is InChI=1S/C14H17NO/c1-3-14(16-2)9-10-15(12-14)11-13-7-5-4-6-8-13/h1,4-8H,9-12H2,2H3. The molecule has 2 rings (SSSR count). The Hall–Kier alpha value is -1.30. The summed E-state index contributed by atoms with van der Waals surface area (Å²) in [4.78, 5) is 2.35. The highest BCUT2D eigenvalue weighted by molar-refractivity contribution is 5.17. The normalized spacial score (nSPS) is 25.5. The number of methoxy groups -OCH3 is 1. The van der Waals surface area contributed by atoms with E-state index in [1.54, 1.807) is 7.11 Å². The Bertz CT molecular complexity index is 381. The van der Waals surface area contributed by atoms with Gasteiger partial charge in [-0.15, -0.1) is 6.42 Å². The third kappa shape index (κ3) is 2.27. The molecule has 1 heterocycles. The Morgan fingerprint density at radius 2 is 2.19 bits per heavy atom. The van der Waals surface area contributed by atoms with Crippen LogP contribution in [-0.2, 0) is 11.3 Å². The van der Waals surface area contributed by atoms with Crippen LogP contribution < -0.4 is 0 Å². The average molecular weight is 215 g/mol. The molecule has 2 nitrogen and oxygen atoms in total. The topological polar surface area (TPSA) is 12.5 Å². The van der Waals surface area contributed by atoms with Gasteiger partial charge in [-0.25, -0.2) is 0 Å². The predicted octanol–water partition coefficient (Wildman–Crippen LogP) is 1.91. The quantitative estimate of drug-likeness (QED) is 0.714. The van der Waals surface area contributed by atoms with Gasteiger partial charge in [0.15, 0.2) is 0 Å². The second-order valence-corrected chi connectivity index (χ2v) is 4.29. The van der Waals surface area contributed by atoms with Crippen LogP contribution in [0.2, 0.25) is 0 Å². The van der Waals surface area contributed by atoms with Gasteiger partial charge in [0.05, 0.1) is 0 Å². The summed E-state index contributed by atoms with van der Waals surface area (Å²) in [5.41, 5.74) is 0.959. The lowest BCUT2D eigenvalue weighted by atomic mass is 10.1. The lowest BCUT2D eigenvalue weighted by Crippen LogP contribution is -2.33. The Morgan fingerprint density at radius 3 is 2.75 bits per heavy atom. The summed E-state index contributed by atoms with van der Waals surface area (Å²) in [6, 6.07) is 10.5. The van der Waals surface area contributed by atoms with Gasteiger partial charge in [-0.3, -0.25) is 4.90 Å². The van der Waals surface area contributed by atoms with E-state index < -0.39 is 0 Å². The number of ether oxygens (including phenoxy) is 1. The van der Waals surface area contributed by atoms with E-state index in [1.165, 1.54) is 5.56 Å². The molecule has 0 bridgehead atoms. The van der Waals surface area contributed by atoms with Crippen LogP contribution in [0.5, 0.6) is 0 Å². The van der Waals surface area contributed by atoms with Crippen molar-refractivity contribution >= 4 is 0 Å². The van der Waals surface area contributed by atoms with Crippen molar-refractivity contribution in [3.8, 4) is 12.3 Å². The summed E-state index contributed by atoms with van der Waals surface area (Å²) >= 11 is 0. The average Bonchev–Trinajstić information content (AvgIpc) is 2.75. The summed E-state index contributed by atoms with van der Waals surface area (Å²) in [7, 11) is 1.70. The second kappa shape index (κ2) is 4.69. The van der Waals surface area contributed by atoms with Gasteiger partial charge in [-0.2, -0.15) is 0 Å². The van der Waals surface area contributed by atoms with Crippen LogP contribution in [0.4, 0.5) is 0 Å². The zero-order chi connectivity index (χ0) is 11.4. The van der Waals surface area contributed by atoms with Crippen molar-refractivity contribution in [3.05, 3.63) is 35.9 Å². The van der Waals surface area contributed by atoms with Gasteiger partial charge >= 0.3 is 0 Å². The molecule has 0 aliphatic carbocycles. The minimum Gasteiger partial charge on any atom is -0.364 e. The molecule has 1 saturated heterocycles. The van der Waals surface area contributed by atoms with Gasteiger partial charge in [0.1, 0.15) is 5.60 Å². The molecule has 0 amide bonds. The van der Waals surface area contributed by atoms with Crippen molar-refractivity contribution in [1.29, 1.82) is 0 Å². The van der Waals surface area contributed by atoms with Crippen molar-refractivity contribution in [2.75, 3.05) is 20.2 Å². The maximum absolute atomic E-state index is 5.53. The first-order valence-electron chi connectivity index (χ1n) is 5.57. The SMILES string of the molecule is C#CC1(OC)CCN(Cc2ccccc2)C1. The molecule has 2 heteroatoms. The molecule has 84 valence electrons. The van der Waals surface area contributed by atoms with Gasteiger partial charge in [0, 0.05) is 33.2 Å². The lowest BCUT2D eigenvalue weighted by Gasteiger charge is -2.22. The van der Waals surface area contributed by atoms with Crippen LogP contribution in [0.1, 0.15) is 12.0 Å². The summed E-state index contributed by atoms with van der Waals surface area (Å²) in [6.45, 7) is 2.79. The van der Waals surface area contributed by atoms with Gasteiger partial charge < -0.3 is 4.74 Å². The number of benzene rings is 1. The zero-order valence-corrected chi connectivity index (χ0v) is 9.65. The molecule has 1 unspecified atom stereocenters. The fourth-order valence-electron chi connectivity index (χ4n) is 2.18. The van der Waals surface area contributed by atoms with Crippen LogP contribution in [0, 0.1) is 12.3 Å². The van der Waals surface area contributed by atoms with Crippen molar-refractivity contribution in [2.45, 2.75) is 18.6 Å². The predicted molar refractivity (Wildman–Crippen MR) is 64.9 cm³/mol. The molecule has 16 heavy (non-hydrogen) atoms. The molecule has 1 atom stereocenters. The Balaban J connectivity index is 1.98. The molecule has 1 aliphatic heterocycles. The van der Waals surface area contributed by atoms with E-state index in [9.17, 15) is 0 Å². The van der Waals surface area contributed by atoms with Gasteiger partial charge in [0.25, 0.3) is 0 Å². The van der Waals surface area contributed by atoms with Gasteiger partial charge in [-0.1, -0.05) is 36.3 Å². The highest BCUT2D eigenvalue weighted by Crippen LogP contribution is 2.25. The van der Waals surface area contributed by atoms with E-state index in [0.29, 0.717) is 0 Å². The first-order valence-corrected chi connectivity index (χ1v) is 5.57. The first-order chi connectivity index (χ1) is 7.78. The Labute approximate surface area is 97.2 Å². The molecule has 1 fully saturated rings.